The third-order valence-electron chi connectivity index (χ3n) is 3.79. The van der Waals surface area contributed by atoms with Crippen LogP contribution in [0, 0.1) is 3.57 Å². The maximum absolute atomic E-state index is 13.2. The molecule has 2 atom stereocenters. The second kappa shape index (κ2) is 4.70. The summed E-state index contributed by atoms with van der Waals surface area (Å²) in [5, 5.41) is 0. The normalized spacial score (nSPS) is 28.7. The first-order chi connectivity index (χ1) is 10.6. The van der Waals surface area contributed by atoms with Crippen molar-refractivity contribution in [2.45, 2.75) is 12.5 Å². The van der Waals surface area contributed by atoms with Crippen molar-refractivity contribution in [3.05, 3.63) is 69.3 Å². The Kier molecular flexibility index (Phi) is 2.90. The Balaban J connectivity index is 1.77. The van der Waals surface area contributed by atoms with Crippen molar-refractivity contribution in [3.8, 4) is 0 Å². The second-order valence-corrected chi connectivity index (χ2v) is 10.3. The molecule has 1 unspecified atom stereocenters. The summed E-state index contributed by atoms with van der Waals surface area (Å²) in [5.74, 6) is -0.938. The molecule has 2 aliphatic rings. The molecule has 4 rings (SSSR count). The SMILES string of the molecule is O=C1OI2(=O)c3ccccc3C(=O)N2[C@H]1Cc1ccccc1. The van der Waals surface area contributed by atoms with E-state index in [4.69, 9.17) is 3.07 Å². The molecule has 2 aromatic carbocycles. The molecule has 0 saturated carbocycles. The zero-order valence-corrected chi connectivity index (χ0v) is 13.6. The topological polar surface area (TPSA) is 63.7 Å². The fourth-order valence-electron chi connectivity index (χ4n) is 2.78. The van der Waals surface area contributed by atoms with Crippen LogP contribution in [0.5, 0.6) is 0 Å². The van der Waals surface area contributed by atoms with E-state index in [2.05, 4.69) is 0 Å². The van der Waals surface area contributed by atoms with E-state index in [1.165, 1.54) is 3.11 Å². The van der Waals surface area contributed by atoms with E-state index in [0.29, 0.717) is 15.6 Å². The number of amides is 1. The van der Waals surface area contributed by atoms with Crippen LogP contribution in [-0.2, 0) is 17.4 Å². The van der Waals surface area contributed by atoms with Crippen LogP contribution in [0.3, 0.4) is 0 Å². The van der Waals surface area contributed by atoms with E-state index in [1.807, 2.05) is 30.3 Å². The number of carbonyl (C=O) groups is 2. The number of carbonyl (C=O) groups excluding carboxylic acids is 2. The summed E-state index contributed by atoms with van der Waals surface area (Å²) in [6, 6.07) is 15.2. The monoisotopic (exact) mass is 409 g/mol. The van der Waals surface area contributed by atoms with Gasteiger partial charge in [0, 0.05) is 0 Å². The molecule has 1 fully saturated rings. The zero-order valence-electron chi connectivity index (χ0n) is 11.4. The van der Waals surface area contributed by atoms with Crippen LogP contribution in [0.15, 0.2) is 54.6 Å². The fourth-order valence-corrected chi connectivity index (χ4v) is 8.62. The summed E-state index contributed by atoms with van der Waals surface area (Å²) in [6.45, 7) is 0. The second-order valence-electron chi connectivity index (χ2n) is 5.14. The van der Waals surface area contributed by atoms with Gasteiger partial charge in [-0.15, -0.1) is 0 Å². The predicted octanol–water partition coefficient (Wildman–Crippen LogP) is 2.70. The van der Waals surface area contributed by atoms with Gasteiger partial charge in [0.15, 0.2) is 0 Å². The van der Waals surface area contributed by atoms with E-state index in [-0.39, 0.29) is 5.91 Å². The van der Waals surface area contributed by atoms with Crippen LogP contribution in [0.4, 0.5) is 0 Å². The van der Waals surface area contributed by atoms with Crippen molar-refractivity contribution in [1.82, 2.24) is 3.11 Å². The third kappa shape index (κ3) is 1.76. The molecular formula is C16H12INO4. The Bertz CT molecular complexity index is 833. The molecular weight excluding hydrogens is 397 g/mol. The first-order valence-corrected chi connectivity index (χ1v) is 10.6. The van der Waals surface area contributed by atoms with Gasteiger partial charge in [0.05, 0.1) is 0 Å². The Morgan fingerprint density at radius 3 is 2.45 bits per heavy atom. The molecule has 0 radical (unpaired) electrons. The van der Waals surface area contributed by atoms with E-state index < -0.39 is 31.1 Å². The van der Waals surface area contributed by atoms with E-state index in [0.717, 1.165) is 5.56 Å². The molecule has 2 aromatic rings. The minimum atomic E-state index is -4.44. The molecule has 0 bridgehead atoms. The van der Waals surface area contributed by atoms with E-state index >= 15 is 0 Å². The van der Waals surface area contributed by atoms with Crippen molar-refractivity contribution in [1.29, 1.82) is 0 Å². The van der Waals surface area contributed by atoms with Crippen LogP contribution in [-0.4, -0.2) is 21.0 Å². The average Bonchev–Trinajstić information content (AvgIpc) is 2.91. The number of hydrogen-bond acceptors (Lipinski definition) is 4. The van der Waals surface area contributed by atoms with Crippen LogP contribution in [0.25, 0.3) is 0 Å². The molecule has 1 saturated heterocycles. The number of benzene rings is 2. The maximum atomic E-state index is 13.2. The molecule has 1 amide bonds. The van der Waals surface area contributed by atoms with Crippen molar-refractivity contribution in [2.75, 3.05) is 0 Å². The number of nitrogens with zero attached hydrogens (tertiary/aromatic N) is 1. The van der Waals surface area contributed by atoms with Crippen LogP contribution in [0.1, 0.15) is 15.9 Å². The first-order valence-electron chi connectivity index (χ1n) is 6.80. The molecule has 6 heteroatoms. The van der Waals surface area contributed by atoms with Gasteiger partial charge in [-0.2, -0.15) is 0 Å². The molecule has 0 spiro atoms. The van der Waals surface area contributed by atoms with Crippen LogP contribution in [0.2, 0.25) is 0 Å². The first kappa shape index (κ1) is 13.6. The molecule has 5 nitrogen and oxygen atoms in total. The van der Waals surface area contributed by atoms with Gasteiger partial charge in [0.25, 0.3) is 0 Å². The minimum absolute atomic E-state index is 0.312. The van der Waals surface area contributed by atoms with Crippen molar-refractivity contribution >= 4 is 31.0 Å². The summed E-state index contributed by atoms with van der Waals surface area (Å²) in [6.07, 6.45) is 0.312. The molecule has 0 aromatic heterocycles. The fraction of sp³-hybridized carbons (Fsp3) is 0.125. The summed E-state index contributed by atoms with van der Waals surface area (Å²) in [7, 11) is 0. The number of fused-ring (bicyclic) bond motifs is 3. The van der Waals surface area contributed by atoms with Gasteiger partial charge in [0.2, 0.25) is 0 Å². The summed E-state index contributed by atoms with van der Waals surface area (Å²) in [5.41, 5.74) is 1.29. The van der Waals surface area contributed by atoms with E-state index in [1.54, 1.807) is 24.3 Å². The van der Waals surface area contributed by atoms with Gasteiger partial charge in [-0.1, -0.05) is 0 Å². The van der Waals surface area contributed by atoms with E-state index in [9.17, 15) is 12.7 Å². The van der Waals surface area contributed by atoms with Gasteiger partial charge in [-0.25, -0.2) is 0 Å². The molecule has 22 heavy (non-hydrogen) atoms. The summed E-state index contributed by atoms with van der Waals surface area (Å²) < 4.78 is 20.0. The molecule has 2 aliphatic heterocycles. The molecule has 2 heterocycles. The van der Waals surface area contributed by atoms with Gasteiger partial charge in [0.1, 0.15) is 0 Å². The Labute approximate surface area is 131 Å². The summed E-state index contributed by atoms with van der Waals surface area (Å²) >= 11 is -4.44. The molecule has 0 aliphatic carbocycles. The van der Waals surface area contributed by atoms with Crippen molar-refractivity contribution < 1.29 is 15.7 Å². The zero-order chi connectivity index (χ0) is 15.3. The van der Waals surface area contributed by atoms with Crippen LogP contribution < -0.4 is 0 Å². The van der Waals surface area contributed by atoms with Crippen LogP contribution >= 0.6 is 19.1 Å². The standard InChI is InChI=1S/C16H12INO4/c19-15-12-8-4-5-9-13(12)17(21)18(15)14(16(20)22-17)10-11-6-2-1-3-7-11/h1-9,14H,10H2/t14-/m0/s1. The quantitative estimate of drug-likeness (QED) is 0.566. The van der Waals surface area contributed by atoms with Gasteiger partial charge in [-0.05, 0) is 0 Å². The van der Waals surface area contributed by atoms with Gasteiger partial charge >= 0.3 is 132 Å². The average molecular weight is 409 g/mol. The van der Waals surface area contributed by atoms with Gasteiger partial charge in [-0.3, -0.25) is 0 Å². The molecule has 112 valence electrons. The Morgan fingerprint density at radius 1 is 1.00 bits per heavy atom. The number of halogens is 1. The third-order valence-corrected chi connectivity index (χ3v) is 9.71. The Hall–Kier alpha value is -2.09. The van der Waals surface area contributed by atoms with Crippen molar-refractivity contribution in [3.63, 3.8) is 0 Å². The van der Waals surface area contributed by atoms with Crippen molar-refractivity contribution in [2.24, 2.45) is 0 Å². The molecule has 0 N–H and O–H groups in total. The summed E-state index contributed by atoms with van der Waals surface area (Å²) in [4.78, 5) is 24.7. The Morgan fingerprint density at radius 2 is 1.68 bits per heavy atom. The van der Waals surface area contributed by atoms with Gasteiger partial charge < -0.3 is 0 Å². The number of rotatable bonds is 2. The number of hydrogen-bond donors (Lipinski definition) is 0. The predicted molar refractivity (Wildman–Crippen MR) is 86.0 cm³/mol.